The molecule has 0 aliphatic rings. The zero-order valence-electron chi connectivity index (χ0n) is 5.42. The molecule has 4 nitrogen and oxygen atoms in total. The topological polar surface area (TPSA) is 56.0 Å². The van der Waals surface area contributed by atoms with E-state index in [-0.39, 0.29) is 0 Å². The molecule has 0 aliphatic carbocycles. The van der Waals surface area contributed by atoms with Crippen molar-refractivity contribution in [3.05, 3.63) is 33.0 Å². The molecule has 1 aromatic rings. The lowest BCUT2D eigenvalue weighted by atomic mass is 10.4. The lowest BCUT2D eigenvalue weighted by Crippen LogP contribution is -1.98. The summed E-state index contributed by atoms with van der Waals surface area (Å²) >= 11 is 5.03. The Morgan fingerprint density at radius 2 is 2.17 bits per heavy atom. The zero-order chi connectivity index (χ0) is 9.30. The Bertz CT molecular complexity index is 344. The molecule has 0 bridgehead atoms. The van der Waals surface area contributed by atoms with Gasteiger partial charge in [-0.3, -0.25) is 0 Å². The van der Waals surface area contributed by atoms with Crippen molar-refractivity contribution in [1.29, 1.82) is 0 Å². The number of nitro groups is 1. The summed E-state index contributed by atoms with van der Waals surface area (Å²) in [6, 6.07) is 0. The number of nitrogens with zero attached hydrogens (tertiary/aromatic N) is 2. The normalized spacial score (nSPS) is 9.92. The Balaban J connectivity index is 3.36. The predicted octanol–water partition coefficient (Wildman–Crippen LogP) is 1.92. The third-order valence-electron chi connectivity index (χ3n) is 1.07. The second kappa shape index (κ2) is 2.98. The summed E-state index contributed by atoms with van der Waals surface area (Å²) in [7, 11) is 0. The third kappa shape index (κ3) is 1.33. The molecule has 0 aromatic carbocycles. The van der Waals surface area contributed by atoms with Gasteiger partial charge in [-0.2, -0.15) is 4.39 Å². The van der Waals surface area contributed by atoms with E-state index in [1.165, 1.54) is 0 Å². The summed E-state index contributed by atoms with van der Waals surface area (Å²) in [6.45, 7) is 0. The molecule has 0 aliphatic heterocycles. The number of hydrogen-bond acceptors (Lipinski definition) is 3. The van der Waals surface area contributed by atoms with Crippen LogP contribution in [-0.2, 0) is 0 Å². The van der Waals surface area contributed by atoms with Crippen molar-refractivity contribution < 1.29 is 13.7 Å². The first-order valence-electron chi connectivity index (χ1n) is 2.68. The number of rotatable bonds is 1. The molecule has 0 fully saturated rings. The first kappa shape index (κ1) is 8.79. The molecule has 0 unspecified atom stereocenters. The van der Waals surface area contributed by atoms with Crippen molar-refractivity contribution in [2.75, 3.05) is 0 Å². The zero-order valence-corrected chi connectivity index (χ0v) is 6.18. The Hall–Kier alpha value is -1.30. The second-order valence-corrected chi connectivity index (χ2v) is 2.19. The van der Waals surface area contributed by atoms with Gasteiger partial charge in [0.1, 0.15) is 5.02 Å². The third-order valence-corrected chi connectivity index (χ3v) is 1.42. The van der Waals surface area contributed by atoms with Crippen molar-refractivity contribution in [3.8, 4) is 0 Å². The molecule has 1 aromatic heterocycles. The quantitative estimate of drug-likeness (QED) is 0.507. The largest absolute Gasteiger partial charge is 0.401 e. The minimum atomic E-state index is -1.46. The van der Waals surface area contributed by atoms with E-state index < -0.39 is 27.4 Å². The number of aromatic nitrogens is 1. The van der Waals surface area contributed by atoms with Crippen molar-refractivity contribution >= 4 is 17.4 Å². The summed E-state index contributed by atoms with van der Waals surface area (Å²) in [4.78, 5) is 11.8. The van der Waals surface area contributed by atoms with Gasteiger partial charge < -0.3 is 10.1 Å². The lowest BCUT2D eigenvalue weighted by Gasteiger charge is -1.95. The SMILES string of the molecule is O=[N+]([O-])c1ncc(F)c(Cl)c1F. The molecule has 64 valence electrons. The standard InChI is InChI=1S/C5HClF2N2O2/c6-3-2(7)1-9-5(4(3)8)10(11)12/h1H. The monoisotopic (exact) mass is 194 g/mol. The Morgan fingerprint density at radius 3 is 2.67 bits per heavy atom. The van der Waals surface area contributed by atoms with E-state index in [4.69, 9.17) is 11.6 Å². The van der Waals surface area contributed by atoms with Crippen molar-refractivity contribution in [3.63, 3.8) is 0 Å². The lowest BCUT2D eigenvalue weighted by molar-refractivity contribution is -0.392. The first-order chi connectivity index (χ1) is 5.54. The van der Waals surface area contributed by atoms with Crippen molar-refractivity contribution in [1.82, 2.24) is 4.98 Å². The van der Waals surface area contributed by atoms with Gasteiger partial charge in [0.25, 0.3) is 0 Å². The molecule has 1 rings (SSSR count). The van der Waals surface area contributed by atoms with E-state index in [9.17, 15) is 18.9 Å². The minimum Gasteiger partial charge on any atom is -0.358 e. The number of pyridine rings is 1. The maximum Gasteiger partial charge on any atom is 0.401 e. The van der Waals surface area contributed by atoms with Crippen LogP contribution in [0.1, 0.15) is 0 Å². The summed E-state index contributed by atoms with van der Waals surface area (Å²) in [5.41, 5.74) is 0. The molecule has 0 radical (unpaired) electrons. The average Bonchev–Trinajstić information content (AvgIpc) is 2.00. The Morgan fingerprint density at radius 1 is 1.58 bits per heavy atom. The van der Waals surface area contributed by atoms with Gasteiger partial charge in [0.15, 0.2) is 12.0 Å². The smallest absolute Gasteiger partial charge is 0.358 e. The fraction of sp³-hybridized carbons (Fsp3) is 0. The molecule has 1 heterocycles. The van der Waals surface area contributed by atoms with E-state index in [2.05, 4.69) is 4.98 Å². The average molecular weight is 195 g/mol. The van der Waals surface area contributed by atoms with Gasteiger partial charge >= 0.3 is 5.82 Å². The van der Waals surface area contributed by atoms with Gasteiger partial charge in [-0.1, -0.05) is 11.6 Å². The van der Waals surface area contributed by atoms with Gasteiger partial charge in [-0.15, -0.1) is 0 Å². The fourth-order valence-corrected chi connectivity index (χ4v) is 0.695. The maximum absolute atomic E-state index is 12.6. The van der Waals surface area contributed by atoms with Gasteiger partial charge in [0.05, 0.1) is 0 Å². The Kier molecular flexibility index (Phi) is 2.18. The second-order valence-electron chi connectivity index (χ2n) is 1.81. The van der Waals surface area contributed by atoms with Gasteiger partial charge in [0, 0.05) is 0 Å². The van der Waals surface area contributed by atoms with Crippen molar-refractivity contribution in [2.24, 2.45) is 0 Å². The first-order valence-corrected chi connectivity index (χ1v) is 3.05. The highest BCUT2D eigenvalue weighted by Crippen LogP contribution is 2.23. The van der Waals surface area contributed by atoms with E-state index in [0.717, 1.165) is 0 Å². The van der Waals surface area contributed by atoms with Crippen LogP contribution in [0.15, 0.2) is 6.20 Å². The van der Waals surface area contributed by atoms with Crippen LogP contribution in [0.5, 0.6) is 0 Å². The van der Waals surface area contributed by atoms with E-state index in [0.29, 0.717) is 6.20 Å². The van der Waals surface area contributed by atoms with Crippen LogP contribution < -0.4 is 0 Å². The molecule has 0 saturated heterocycles. The minimum absolute atomic E-state index is 0.490. The van der Waals surface area contributed by atoms with Crippen LogP contribution >= 0.6 is 11.6 Å². The van der Waals surface area contributed by atoms with E-state index in [1.807, 2.05) is 0 Å². The molecular weight excluding hydrogens is 194 g/mol. The van der Waals surface area contributed by atoms with Crippen LogP contribution in [0.3, 0.4) is 0 Å². The number of hydrogen-bond donors (Lipinski definition) is 0. The molecule has 0 spiro atoms. The molecule has 0 saturated carbocycles. The summed E-state index contributed by atoms with van der Waals surface area (Å²) in [5, 5.41) is 9.09. The van der Waals surface area contributed by atoms with Crippen LogP contribution in [0, 0.1) is 21.7 Å². The Labute approximate surface area is 69.9 Å². The van der Waals surface area contributed by atoms with Gasteiger partial charge in [0.2, 0.25) is 5.82 Å². The maximum atomic E-state index is 12.6. The van der Waals surface area contributed by atoms with Gasteiger partial charge in [-0.05, 0) is 9.91 Å². The number of halogens is 3. The summed E-state index contributed by atoms with van der Waals surface area (Å²) in [5.74, 6) is -3.66. The summed E-state index contributed by atoms with van der Waals surface area (Å²) in [6.07, 6.45) is 0.490. The van der Waals surface area contributed by atoms with Crippen LogP contribution in [0.4, 0.5) is 14.6 Å². The molecule has 0 atom stereocenters. The molecule has 7 heteroatoms. The molecule has 12 heavy (non-hydrogen) atoms. The molecule has 0 amide bonds. The summed E-state index contributed by atoms with van der Waals surface area (Å²) < 4.78 is 25.0. The highest BCUT2D eigenvalue weighted by molar-refractivity contribution is 6.31. The van der Waals surface area contributed by atoms with E-state index in [1.54, 1.807) is 0 Å². The van der Waals surface area contributed by atoms with Crippen LogP contribution in [-0.4, -0.2) is 9.91 Å². The molecular formula is C5HClF2N2O2. The van der Waals surface area contributed by atoms with Crippen molar-refractivity contribution in [2.45, 2.75) is 0 Å². The van der Waals surface area contributed by atoms with Gasteiger partial charge in [-0.25, -0.2) is 4.39 Å². The van der Waals surface area contributed by atoms with Crippen LogP contribution in [0.25, 0.3) is 0 Å². The fourth-order valence-electron chi connectivity index (χ4n) is 0.561. The predicted molar refractivity (Wildman–Crippen MR) is 35.8 cm³/mol. The highest BCUT2D eigenvalue weighted by atomic mass is 35.5. The molecule has 0 N–H and O–H groups in total. The van der Waals surface area contributed by atoms with Crippen LogP contribution in [0.2, 0.25) is 5.02 Å². The highest BCUT2D eigenvalue weighted by Gasteiger charge is 2.22. The van der Waals surface area contributed by atoms with E-state index >= 15 is 0 Å².